The molecule has 6 heteroatoms. The summed E-state index contributed by atoms with van der Waals surface area (Å²) in [6.07, 6.45) is 6.91. The summed E-state index contributed by atoms with van der Waals surface area (Å²) in [6, 6.07) is 25.9. The smallest absolute Gasteiger partial charge is 0.194 e. The number of ether oxygens (including phenoxy) is 1. The molecule has 1 aromatic heterocycles. The van der Waals surface area contributed by atoms with E-state index in [1.165, 1.54) is 47.4 Å². The molecule has 0 aliphatic carbocycles. The van der Waals surface area contributed by atoms with Crippen molar-refractivity contribution in [3.63, 3.8) is 0 Å². The van der Waals surface area contributed by atoms with Crippen molar-refractivity contribution in [2.75, 3.05) is 23.2 Å². The summed E-state index contributed by atoms with van der Waals surface area (Å²) in [5.41, 5.74) is 6.21. The van der Waals surface area contributed by atoms with Crippen molar-refractivity contribution in [1.82, 2.24) is 4.98 Å². The van der Waals surface area contributed by atoms with Gasteiger partial charge in [0, 0.05) is 22.7 Å². The van der Waals surface area contributed by atoms with E-state index in [-0.39, 0.29) is 5.41 Å². The minimum Gasteiger partial charge on any atom is -0.494 e. The summed E-state index contributed by atoms with van der Waals surface area (Å²) in [5, 5.41) is 4.49. The van der Waals surface area contributed by atoms with Gasteiger partial charge in [0.05, 0.1) is 17.2 Å². The maximum atomic E-state index is 6.18. The molecule has 4 bridgehead atoms. The fourth-order valence-corrected chi connectivity index (χ4v) is 6.41. The fourth-order valence-electron chi connectivity index (χ4n) is 4.71. The van der Waals surface area contributed by atoms with E-state index in [0.29, 0.717) is 6.61 Å². The Morgan fingerprint density at radius 1 is 0.897 bits per heavy atom. The molecular weight excluding hydrogens is 519 g/mol. The van der Waals surface area contributed by atoms with Crippen molar-refractivity contribution in [2.24, 2.45) is 5.41 Å². The van der Waals surface area contributed by atoms with Gasteiger partial charge in [0.1, 0.15) is 5.75 Å². The summed E-state index contributed by atoms with van der Waals surface area (Å²) in [6.45, 7) is 8.47. The highest BCUT2D eigenvalue weighted by atomic mass is 32.2. The predicted octanol–water partition coefficient (Wildman–Crippen LogP) is 9.94. The van der Waals surface area contributed by atoms with Crippen LogP contribution in [-0.4, -0.2) is 18.1 Å². The molecule has 0 saturated carbocycles. The third-order valence-corrected chi connectivity index (χ3v) is 8.84. The molecule has 4 nitrogen and oxygen atoms in total. The van der Waals surface area contributed by atoms with E-state index in [1.54, 1.807) is 23.3 Å². The van der Waals surface area contributed by atoms with Gasteiger partial charge in [-0.2, -0.15) is 0 Å². The van der Waals surface area contributed by atoms with Gasteiger partial charge in [-0.25, -0.2) is 4.98 Å². The molecule has 0 fully saturated rings. The molecule has 0 radical (unpaired) electrons. The average molecular weight is 558 g/mol. The summed E-state index contributed by atoms with van der Waals surface area (Å²) in [4.78, 5) is 7.50. The van der Waals surface area contributed by atoms with Crippen LogP contribution < -0.4 is 14.8 Å². The molecular formula is C33H39N3OS2. The molecule has 1 aliphatic rings. The second kappa shape index (κ2) is 12.9. The van der Waals surface area contributed by atoms with Crippen molar-refractivity contribution in [1.29, 1.82) is 0 Å². The number of rotatable bonds is 4. The van der Waals surface area contributed by atoms with E-state index >= 15 is 0 Å². The molecule has 0 unspecified atom stereocenters. The Labute approximate surface area is 241 Å². The SMILES string of the molecule is CC(C)(C)CCOc1cccc(-c2sc3nc2-c2ccccc2CCCCCCNc2cccc(c2)SN3)c1. The second-order valence-electron chi connectivity index (χ2n) is 11.4. The van der Waals surface area contributed by atoms with Gasteiger partial charge in [-0.15, -0.1) is 0 Å². The first-order valence-corrected chi connectivity index (χ1v) is 15.7. The molecule has 2 heterocycles. The lowest BCUT2D eigenvalue weighted by atomic mass is 9.93. The Balaban J connectivity index is 1.49. The lowest BCUT2D eigenvalue weighted by molar-refractivity contribution is 0.243. The topological polar surface area (TPSA) is 46.2 Å². The van der Waals surface area contributed by atoms with Crippen molar-refractivity contribution in [2.45, 2.75) is 64.2 Å². The van der Waals surface area contributed by atoms with Crippen LogP contribution in [-0.2, 0) is 6.42 Å². The number of hydrogen-bond acceptors (Lipinski definition) is 6. The summed E-state index contributed by atoms with van der Waals surface area (Å²) >= 11 is 3.32. The van der Waals surface area contributed by atoms with Crippen molar-refractivity contribution in [3.05, 3.63) is 78.4 Å². The number of thiazole rings is 1. The summed E-state index contributed by atoms with van der Waals surface area (Å²) in [5.74, 6) is 0.909. The van der Waals surface area contributed by atoms with E-state index in [2.05, 4.69) is 104 Å². The van der Waals surface area contributed by atoms with Gasteiger partial charge in [0.2, 0.25) is 0 Å². The minimum atomic E-state index is 0.249. The average Bonchev–Trinajstić information content (AvgIpc) is 3.35. The highest BCUT2D eigenvalue weighted by molar-refractivity contribution is 8.00. The number of fused-ring (bicyclic) bond motifs is 6. The monoisotopic (exact) mass is 557 g/mol. The molecule has 4 aromatic rings. The van der Waals surface area contributed by atoms with E-state index in [4.69, 9.17) is 9.72 Å². The maximum absolute atomic E-state index is 6.18. The predicted molar refractivity (Wildman–Crippen MR) is 169 cm³/mol. The quantitative estimate of drug-likeness (QED) is 0.245. The van der Waals surface area contributed by atoms with E-state index in [1.807, 2.05) is 0 Å². The lowest BCUT2D eigenvalue weighted by Crippen LogP contribution is -2.11. The largest absolute Gasteiger partial charge is 0.494 e. The van der Waals surface area contributed by atoms with Gasteiger partial charge < -0.3 is 14.8 Å². The van der Waals surface area contributed by atoms with Gasteiger partial charge in [-0.05, 0) is 84.5 Å². The number of anilines is 2. The van der Waals surface area contributed by atoms with Crippen LogP contribution in [0.3, 0.4) is 0 Å². The first-order chi connectivity index (χ1) is 18.9. The molecule has 2 N–H and O–H groups in total. The van der Waals surface area contributed by atoms with Crippen LogP contribution in [0.5, 0.6) is 5.75 Å². The Bertz CT molecular complexity index is 1380. The second-order valence-corrected chi connectivity index (χ2v) is 13.2. The van der Waals surface area contributed by atoms with Crippen LogP contribution in [0.25, 0.3) is 21.7 Å². The van der Waals surface area contributed by atoms with Crippen LogP contribution >= 0.6 is 23.3 Å². The zero-order valence-corrected chi connectivity index (χ0v) is 24.9. The van der Waals surface area contributed by atoms with Gasteiger partial charge >= 0.3 is 0 Å². The van der Waals surface area contributed by atoms with Gasteiger partial charge in [-0.3, -0.25) is 0 Å². The number of nitrogens with zero attached hydrogens (tertiary/aromatic N) is 1. The Hall–Kier alpha value is -2.96. The number of hydrogen-bond donors (Lipinski definition) is 2. The molecule has 39 heavy (non-hydrogen) atoms. The van der Waals surface area contributed by atoms with Gasteiger partial charge in [0.25, 0.3) is 0 Å². The van der Waals surface area contributed by atoms with E-state index in [0.717, 1.165) is 46.4 Å². The highest BCUT2D eigenvalue weighted by Gasteiger charge is 2.19. The van der Waals surface area contributed by atoms with Gasteiger partial charge in [0.15, 0.2) is 5.13 Å². The van der Waals surface area contributed by atoms with Crippen LogP contribution in [0.4, 0.5) is 10.8 Å². The summed E-state index contributed by atoms with van der Waals surface area (Å²) in [7, 11) is 0. The third-order valence-electron chi connectivity index (χ3n) is 6.91. The van der Waals surface area contributed by atoms with Crippen molar-refractivity contribution >= 4 is 34.1 Å². The normalized spacial score (nSPS) is 14.4. The van der Waals surface area contributed by atoms with E-state index < -0.39 is 0 Å². The molecule has 5 rings (SSSR count). The lowest BCUT2D eigenvalue weighted by Gasteiger charge is -2.18. The van der Waals surface area contributed by atoms with Crippen LogP contribution in [0.2, 0.25) is 0 Å². The molecule has 204 valence electrons. The zero-order chi connectivity index (χ0) is 27.1. The maximum Gasteiger partial charge on any atom is 0.194 e. The first kappa shape index (κ1) is 27.6. The van der Waals surface area contributed by atoms with Crippen molar-refractivity contribution < 1.29 is 4.74 Å². The Morgan fingerprint density at radius 2 is 1.74 bits per heavy atom. The highest BCUT2D eigenvalue weighted by Crippen LogP contribution is 2.42. The standard InChI is InChI=1S/C33H39N3OS2/c1-33(2,3)19-21-37-27-16-10-14-25(22-27)31-30-29-18-8-7-13-24(29)12-6-4-5-9-20-34-26-15-11-17-28(23-26)39-36-32(35-30)38-31/h7-8,10-11,13-18,22-23,34H,4-6,9,12,19-21H2,1-3H3,(H,35,36). The zero-order valence-electron chi connectivity index (χ0n) is 23.3. The van der Waals surface area contributed by atoms with Crippen LogP contribution in [0.1, 0.15) is 58.4 Å². The molecule has 3 aromatic carbocycles. The molecule has 1 aliphatic heterocycles. The number of benzene rings is 3. The summed E-state index contributed by atoms with van der Waals surface area (Å²) < 4.78 is 9.72. The first-order valence-electron chi connectivity index (χ1n) is 14.0. The van der Waals surface area contributed by atoms with Crippen LogP contribution in [0.15, 0.2) is 77.7 Å². The number of aromatic nitrogens is 1. The molecule has 0 atom stereocenters. The van der Waals surface area contributed by atoms with Gasteiger partial charge in [-0.1, -0.05) is 87.4 Å². The molecule has 0 saturated heterocycles. The minimum absolute atomic E-state index is 0.249. The number of nitrogens with one attached hydrogen (secondary N) is 2. The third kappa shape index (κ3) is 7.80. The Morgan fingerprint density at radius 3 is 2.64 bits per heavy atom. The fraction of sp³-hybridized carbons (Fsp3) is 0.364. The molecule has 0 amide bonds. The Kier molecular flexibility index (Phi) is 9.15. The van der Waals surface area contributed by atoms with Crippen LogP contribution in [0, 0.1) is 5.41 Å². The van der Waals surface area contributed by atoms with E-state index in [9.17, 15) is 0 Å². The molecule has 0 spiro atoms. The number of aryl methyl sites for hydroxylation is 1. The van der Waals surface area contributed by atoms with Crippen molar-refractivity contribution in [3.8, 4) is 27.4 Å².